The Balaban J connectivity index is 0.00000337. The minimum absolute atomic E-state index is 0. The molecule has 0 saturated carbocycles. The fourth-order valence-electron chi connectivity index (χ4n) is 5.61. The second kappa shape index (κ2) is 13.7. The number of allylic oxidation sites excluding steroid dienone is 1. The van der Waals surface area contributed by atoms with Crippen LogP contribution >= 0.6 is 0 Å². The van der Waals surface area contributed by atoms with Gasteiger partial charge in [0.05, 0.1) is 0 Å². The van der Waals surface area contributed by atoms with Crippen LogP contribution in [0.15, 0.2) is 188 Å². The first kappa shape index (κ1) is 28.1. The summed E-state index contributed by atoms with van der Waals surface area (Å²) in [5.41, 5.74) is 9.84. The second-order valence-electron chi connectivity index (χ2n) is 9.88. The Labute approximate surface area is 256 Å². The van der Waals surface area contributed by atoms with Crippen molar-refractivity contribution >= 4 is 5.57 Å². The fraction of sp³-hybridized carbons (Fsp3) is 0.0250. The van der Waals surface area contributed by atoms with E-state index in [4.69, 9.17) is 0 Å². The minimum atomic E-state index is -0.00627. The molecule has 0 aliphatic heterocycles. The molecule has 0 aliphatic carbocycles. The van der Waals surface area contributed by atoms with Crippen LogP contribution in [0.5, 0.6) is 0 Å². The molecule has 0 bridgehead atoms. The van der Waals surface area contributed by atoms with Crippen LogP contribution in [0.1, 0.15) is 39.3 Å². The summed E-state index contributed by atoms with van der Waals surface area (Å²) in [6.45, 7) is 0. The molecule has 0 fully saturated rings. The van der Waals surface area contributed by atoms with Gasteiger partial charge in [-0.3, -0.25) is 0 Å². The predicted octanol–water partition coefficient (Wildman–Crippen LogP) is 7.00. The monoisotopic (exact) mass is 518 g/mol. The van der Waals surface area contributed by atoms with Crippen LogP contribution in [0, 0.1) is 5.92 Å². The van der Waals surface area contributed by atoms with Crippen molar-refractivity contribution in [1.29, 1.82) is 0 Å². The van der Waals surface area contributed by atoms with Gasteiger partial charge in [0.1, 0.15) is 0 Å². The van der Waals surface area contributed by atoms with E-state index in [1.807, 2.05) is 0 Å². The molecule has 0 nitrogen and oxygen atoms in total. The first-order valence-corrected chi connectivity index (χ1v) is 13.8. The van der Waals surface area contributed by atoms with Crippen molar-refractivity contribution in [3.8, 4) is 0 Å². The SMILES string of the molecule is [Li+].c1ccc(C(=C([C-](c2ccccc2)c2ccccc2)C(c2ccccc2)c2ccccc2)c2ccccc2)cc1. The van der Waals surface area contributed by atoms with Crippen molar-refractivity contribution < 1.29 is 18.9 Å². The van der Waals surface area contributed by atoms with E-state index in [0.717, 1.165) is 0 Å². The number of rotatable bonds is 8. The minimum Gasteiger partial charge on any atom is -0.108 e. The normalized spacial score (nSPS) is 10.5. The molecule has 0 radical (unpaired) electrons. The van der Waals surface area contributed by atoms with Crippen LogP contribution < -0.4 is 18.9 Å². The average Bonchev–Trinajstić information content (AvgIpc) is 3.04. The van der Waals surface area contributed by atoms with Crippen molar-refractivity contribution in [1.82, 2.24) is 0 Å². The summed E-state index contributed by atoms with van der Waals surface area (Å²) in [5.74, 6) is 1.23. The molecule has 0 unspecified atom stereocenters. The van der Waals surface area contributed by atoms with Gasteiger partial charge in [-0.1, -0.05) is 175 Å². The Bertz CT molecular complexity index is 1440. The molecule has 0 N–H and O–H groups in total. The Morgan fingerprint density at radius 3 is 1.00 bits per heavy atom. The number of hydrogen-bond donors (Lipinski definition) is 0. The number of benzene rings is 6. The molecule has 0 atom stereocenters. The maximum atomic E-state index is 2.26. The predicted molar refractivity (Wildman–Crippen MR) is 168 cm³/mol. The summed E-state index contributed by atoms with van der Waals surface area (Å²) in [6, 6.07) is 65.3. The van der Waals surface area contributed by atoms with Gasteiger partial charge in [-0.05, 0) is 22.3 Å². The molecule has 6 aromatic carbocycles. The first-order valence-electron chi connectivity index (χ1n) is 13.8. The van der Waals surface area contributed by atoms with Crippen LogP contribution in [0.4, 0.5) is 0 Å². The summed E-state index contributed by atoms with van der Waals surface area (Å²) in [5, 5.41) is 0. The molecule has 0 amide bonds. The zero-order valence-corrected chi connectivity index (χ0v) is 23.4. The molecule has 0 aliphatic rings. The third-order valence-corrected chi connectivity index (χ3v) is 7.34. The molecule has 1 heteroatoms. The fourth-order valence-corrected chi connectivity index (χ4v) is 5.61. The summed E-state index contributed by atoms with van der Waals surface area (Å²) < 4.78 is 0. The van der Waals surface area contributed by atoms with Crippen LogP contribution in [0.2, 0.25) is 0 Å². The maximum absolute atomic E-state index is 2.26. The van der Waals surface area contributed by atoms with Crippen LogP contribution in [-0.2, 0) is 0 Å². The first-order chi connectivity index (χ1) is 19.9. The van der Waals surface area contributed by atoms with Crippen LogP contribution in [0.25, 0.3) is 5.57 Å². The molecular formula is C40H31Li. The Hall–Kier alpha value is -4.47. The molecular weight excluding hydrogens is 487 g/mol. The average molecular weight is 519 g/mol. The van der Waals surface area contributed by atoms with E-state index in [9.17, 15) is 0 Å². The molecule has 6 rings (SSSR count). The van der Waals surface area contributed by atoms with Crippen molar-refractivity contribution in [3.63, 3.8) is 0 Å². The molecule has 0 spiro atoms. The maximum Gasteiger partial charge on any atom is 1.00 e. The quantitative estimate of drug-likeness (QED) is 0.150. The zero-order valence-electron chi connectivity index (χ0n) is 23.4. The van der Waals surface area contributed by atoms with E-state index < -0.39 is 0 Å². The Morgan fingerprint density at radius 2 is 0.659 bits per heavy atom. The van der Waals surface area contributed by atoms with Gasteiger partial charge in [-0.2, -0.15) is 0 Å². The summed E-state index contributed by atoms with van der Waals surface area (Å²) >= 11 is 0. The molecule has 6 aromatic rings. The van der Waals surface area contributed by atoms with Gasteiger partial charge >= 0.3 is 18.9 Å². The van der Waals surface area contributed by atoms with Crippen molar-refractivity contribution in [3.05, 3.63) is 227 Å². The van der Waals surface area contributed by atoms with Crippen molar-refractivity contribution in [2.24, 2.45) is 0 Å². The number of hydrogen-bond acceptors (Lipinski definition) is 0. The summed E-state index contributed by atoms with van der Waals surface area (Å²) in [7, 11) is 0. The van der Waals surface area contributed by atoms with Gasteiger partial charge in [-0.25, -0.2) is 0 Å². The van der Waals surface area contributed by atoms with Gasteiger partial charge in [0, 0.05) is 5.92 Å². The van der Waals surface area contributed by atoms with Gasteiger partial charge in [0.2, 0.25) is 0 Å². The Kier molecular flexibility index (Phi) is 9.40. The van der Waals surface area contributed by atoms with Gasteiger partial charge in [-0.15, -0.1) is 35.4 Å². The van der Waals surface area contributed by atoms with Gasteiger partial charge in [0.15, 0.2) is 0 Å². The van der Waals surface area contributed by atoms with Crippen LogP contribution in [0.3, 0.4) is 0 Å². The van der Waals surface area contributed by atoms with Gasteiger partial charge < -0.3 is 0 Å². The van der Waals surface area contributed by atoms with Crippen LogP contribution in [-0.4, -0.2) is 0 Å². The second-order valence-corrected chi connectivity index (χ2v) is 9.88. The summed E-state index contributed by atoms with van der Waals surface area (Å²) in [4.78, 5) is 0. The molecule has 0 heterocycles. The topological polar surface area (TPSA) is 0 Å². The third kappa shape index (κ3) is 6.31. The standard InChI is InChI=1S/C40H31.Li/c1-7-19-31(20-8-1)37(32-21-9-2-10-22-32)40(38(33-23-11-3-12-24-33)34-25-13-4-14-26-34)39(35-27-15-5-16-28-35)36-29-17-6-18-30-36;/h1-30,37H;/q-1;+1. The third-order valence-electron chi connectivity index (χ3n) is 7.34. The smallest absolute Gasteiger partial charge is 0.108 e. The molecule has 192 valence electrons. The molecule has 0 aromatic heterocycles. The molecule has 0 saturated heterocycles. The van der Waals surface area contributed by atoms with E-state index >= 15 is 0 Å². The van der Waals surface area contributed by atoms with Gasteiger partial charge in [0.25, 0.3) is 0 Å². The van der Waals surface area contributed by atoms with Crippen molar-refractivity contribution in [2.45, 2.75) is 5.92 Å². The van der Waals surface area contributed by atoms with E-state index in [1.54, 1.807) is 0 Å². The largest absolute Gasteiger partial charge is 1.00 e. The molecule has 41 heavy (non-hydrogen) atoms. The van der Waals surface area contributed by atoms with E-state index in [2.05, 4.69) is 182 Å². The Morgan fingerprint density at radius 1 is 0.366 bits per heavy atom. The van der Waals surface area contributed by atoms with E-state index in [0.29, 0.717) is 0 Å². The summed E-state index contributed by atoms with van der Waals surface area (Å²) in [6.07, 6.45) is 0. The van der Waals surface area contributed by atoms with E-state index in [-0.39, 0.29) is 24.8 Å². The van der Waals surface area contributed by atoms with E-state index in [1.165, 1.54) is 50.4 Å². The van der Waals surface area contributed by atoms with Crippen molar-refractivity contribution in [2.75, 3.05) is 0 Å². The zero-order chi connectivity index (χ0) is 27.0.